The summed E-state index contributed by atoms with van der Waals surface area (Å²) >= 11 is 17.9. The Hall–Kier alpha value is -2.99. The van der Waals surface area contributed by atoms with Crippen molar-refractivity contribution in [2.45, 2.75) is 0 Å². The third kappa shape index (κ3) is 4.85. The summed E-state index contributed by atoms with van der Waals surface area (Å²) in [5, 5.41) is 4.17. The van der Waals surface area contributed by atoms with E-state index in [9.17, 15) is 9.59 Å². The molecule has 156 valence electrons. The molecule has 0 aliphatic rings. The van der Waals surface area contributed by atoms with Crippen LogP contribution >= 0.6 is 34.8 Å². The predicted octanol–water partition coefficient (Wildman–Crippen LogP) is 6.44. The van der Waals surface area contributed by atoms with Crippen LogP contribution in [0.1, 0.15) is 0 Å². The lowest BCUT2D eigenvalue weighted by atomic mass is 10.0. The number of nitrogens with one attached hydrogen (secondary N) is 1. The Morgan fingerprint density at radius 2 is 1.65 bits per heavy atom. The summed E-state index contributed by atoms with van der Waals surface area (Å²) in [5.74, 6) is -0.0730. The fourth-order valence-corrected chi connectivity index (χ4v) is 3.64. The van der Waals surface area contributed by atoms with E-state index < -0.39 is 11.5 Å². The van der Waals surface area contributed by atoms with Gasteiger partial charge in [-0.3, -0.25) is 4.79 Å². The smallest absolute Gasteiger partial charge is 0.336 e. The standard InChI is InChI=1S/C23H14Cl3NO4/c24-17-10-19(26)20(11-18(17)25)27-22(28)12-30-14-6-7-15-16(13-4-2-1-3-5-13)9-23(29)31-21(15)8-14/h1-11H,12H2,(H,27,28). The van der Waals surface area contributed by atoms with E-state index in [1.165, 1.54) is 18.2 Å². The lowest BCUT2D eigenvalue weighted by molar-refractivity contribution is -0.118. The average molecular weight is 475 g/mol. The van der Waals surface area contributed by atoms with Crippen molar-refractivity contribution in [3.63, 3.8) is 0 Å². The Morgan fingerprint density at radius 1 is 0.903 bits per heavy atom. The number of amides is 1. The Balaban J connectivity index is 1.53. The van der Waals surface area contributed by atoms with Crippen molar-refractivity contribution in [2.75, 3.05) is 11.9 Å². The van der Waals surface area contributed by atoms with Crippen LogP contribution in [0.3, 0.4) is 0 Å². The molecular weight excluding hydrogens is 461 g/mol. The van der Waals surface area contributed by atoms with Gasteiger partial charge in [0.15, 0.2) is 6.61 Å². The number of carbonyl (C=O) groups is 1. The lowest BCUT2D eigenvalue weighted by Gasteiger charge is -2.11. The van der Waals surface area contributed by atoms with Crippen molar-refractivity contribution in [1.82, 2.24) is 0 Å². The maximum absolute atomic E-state index is 12.2. The first kappa shape index (κ1) is 21.2. The van der Waals surface area contributed by atoms with Gasteiger partial charge in [-0.1, -0.05) is 65.1 Å². The van der Waals surface area contributed by atoms with E-state index in [1.54, 1.807) is 18.2 Å². The molecule has 4 rings (SSSR count). The maximum atomic E-state index is 12.2. The van der Waals surface area contributed by atoms with Gasteiger partial charge in [-0.15, -0.1) is 0 Å². The minimum Gasteiger partial charge on any atom is -0.484 e. The van der Waals surface area contributed by atoms with Crippen LogP contribution < -0.4 is 15.7 Å². The second-order valence-corrected chi connectivity index (χ2v) is 7.81. The molecule has 1 aromatic heterocycles. The number of halogens is 3. The molecule has 4 aromatic rings. The summed E-state index contributed by atoms with van der Waals surface area (Å²) in [6, 6.07) is 18.9. The zero-order valence-electron chi connectivity index (χ0n) is 15.8. The molecule has 0 spiro atoms. The van der Waals surface area contributed by atoms with Crippen LogP contribution in [0.2, 0.25) is 15.1 Å². The van der Waals surface area contributed by atoms with Gasteiger partial charge in [-0.2, -0.15) is 0 Å². The van der Waals surface area contributed by atoms with E-state index in [1.807, 2.05) is 30.3 Å². The van der Waals surface area contributed by atoms with Crippen LogP contribution in [0.4, 0.5) is 5.69 Å². The van der Waals surface area contributed by atoms with Crippen molar-refractivity contribution < 1.29 is 13.9 Å². The highest BCUT2D eigenvalue weighted by Crippen LogP contribution is 2.32. The van der Waals surface area contributed by atoms with Gasteiger partial charge in [0, 0.05) is 17.5 Å². The van der Waals surface area contributed by atoms with E-state index in [2.05, 4.69) is 5.32 Å². The molecule has 0 saturated heterocycles. The number of ether oxygens (including phenoxy) is 1. The SMILES string of the molecule is O=C(COc1ccc2c(-c3ccccc3)cc(=O)oc2c1)Nc1cc(Cl)c(Cl)cc1Cl. The molecule has 3 aromatic carbocycles. The molecule has 5 nitrogen and oxygen atoms in total. The topological polar surface area (TPSA) is 68.5 Å². The molecule has 0 radical (unpaired) electrons. The van der Waals surface area contributed by atoms with Crippen LogP contribution in [-0.4, -0.2) is 12.5 Å². The van der Waals surface area contributed by atoms with Crippen molar-refractivity contribution in [3.05, 3.63) is 92.2 Å². The van der Waals surface area contributed by atoms with Crippen molar-refractivity contribution in [1.29, 1.82) is 0 Å². The third-order valence-corrected chi connectivity index (χ3v) is 5.49. The van der Waals surface area contributed by atoms with E-state index in [4.69, 9.17) is 44.0 Å². The highest BCUT2D eigenvalue weighted by atomic mass is 35.5. The van der Waals surface area contributed by atoms with Crippen LogP contribution in [0.5, 0.6) is 5.75 Å². The van der Waals surface area contributed by atoms with Crippen LogP contribution in [0, 0.1) is 0 Å². The molecule has 0 aliphatic carbocycles. The van der Waals surface area contributed by atoms with Gasteiger partial charge in [0.05, 0.1) is 20.8 Å². The second-order valence-electron chi connectivity index (χ2n) is 6.59. The second kappa shape index (κ2) is 9.02. The molecule has 0 atom stereocenters. The summed E-state index contributed by atoms with van der Waals surface area (Å²) in [6.45, 7) is -0.287. The van der Waals surface area contributed by atoms with Gasteiger partial charge < -0.3 is 14.5 Å². The van der Waals surface area contributed by atoms with Gasteiger partial charge in [0.1, 0.15) is 11.3 Å². The average Bonchev–Trinajstić information content (AvgIpc) is 2.76. The van der Waals surface area contributed by atoms with Gasteiger partial charge in [0.2, 0.25) is 0 Å². The molecule has 1 N–H and O–H groups in total. The summed E-state index contributed by atoms with van der Waals surface area (Å²) < 4.78 is 10.9. The molecule has 0 unspecified atom stereocenters. The number of carbonyl (C=O) groups excluding carboxylic acids is 1. The van der Waals surface area contributed by atoms with E-state index in [0.29, 0.717) is 17.0 Å². The molecule has 0 aliphatic heterocycles. The highest BCUT2D eigenvalue weighted by Gasteiger charge is 2.12. The zero-order valence-corrected chi connectivity index (χ0v) is 18.1. The van der Waals surface area contributed by atoms with E-state index in [-0.39, 0.29) is 21.7 Å². The van der Waals surface area contributed by atoms with Gasteiger partial charge >= 0.3 is 5.63 Å². The quantitative estimate of drug-likeness (QED) is 0.267. The summed E-state index contributed by atoms with van der Waals surface area (Å²) in [6.07, 6.45) is 0. The molecule has 1 heterocycles. The minimum absolute atomic E-state index is 0.253. The number of rotatable bonds is 5. The zero-order chi connectivity index (χ0) is 22.0. The molecule has 0 bridgehead atoms. The first-order valence-electron chi connectivity index (χ1n) is 9.11. The molecule has 1 amide bonds. The first-order chi connectivity index (χ1) is 14.9. The van der Waals surface area contributed by atoms with Crippen molar-refractivity contribution >= 4 is 57.4 Å². The Morgan fingerprint density at radius 3 is 2.42 bits per heavy atom. The number of hydrogen-bond donors (Lipinski definition) is 1. The lowest BCUT2D eigenvalue weighted by Crippen LogP contribution is -2.20. The number of hydrogen-bond acceptors (Lipinski definition) is 4. The monoisotopic (exact) mass is 473 g/mol. The Labute approximate surface area is 192 Å². The van der Waals surface area contributed by atoms with Gasteiger partial charge in [0.25, 0.3) is 5.91 Å². The minimum atomic E-state index is -0.476. The summed E-state index contributed by atoms with van der Waals surface area (Å²) in [4.78, 5) is 24.3. The molecule has 31 heavy (non-hydrogen) atoms. The first-order valence-corrected chi connectivity index (χ1v) is 10.2. The molecule has 0 fully saturated rings. The van der Waals surface area contributed by atoms with Crippen LogP contribution in [0.15, 0.2) is 75.9 Å². The van der Waals surface area contributed by atoms with Gasteiger partial charge in [-0.05, 0) is 35.4 Å². The molecular formula is C23H14Cl3NO4. The number of benzene rings is 3. The van der Waals surface area contributed by atoms with Crippen LogP contribution in [0.25, 0.3) is 22.1 Å². The number of anilines is 1. The fraction of sp³-hybridized carbons (Fsp3) is 0.0435. The summed E-state index contributed by atoms with van der Waals surface area (Å²) in [7, 11) is 0. The fourth-order valence-electron chi connectivity index (χ4n) is 3.04. The normalized spacial score (nSPS) is 10.8. The largest absolute Gasteiger partial charge is 0.484 e. The third-order valence-electron chi connectivity index (χ3n) is 4.45. The van der Waals surface area contributed by atoms with E-state index in [0.717, 1.165) is 16.5 Å². The molecule has 0 saturated carbocycles. The Kier molecular flexibility index (Phi) is 6.18. The highest BCUT2D eigenvalue weighted by molar-refractivity contribution is 6.44. The summed E-state index contributed by atoms with van der Waals surface area (Å²) in [5.41, 5.74) is 1.85. The number of fused-ring (bicyclic) bond motifs is 1. The predicted molar refractivity (Wildman–Crippen MR) is 124 cm³/mol. The van der Waals surface area contributed by atoms with Crippen LogP contribution in [-0.2, 0) is 4.79 Å². The van der Waals surface area contributed by atoms with Crippen molar-refractivity contribution in [2.24, 2.45) is 0 Å². The molecule has 8 heteroatoms. The van der Waals surface area contributed by atoms with Gasteiger partial charge in [-0.25, -0.2) is 4.79 Å². The van der Waals surface area contributed by atoms with E-state index >= 15 is 0 Å². The maximum Gasteiger partial charge on any atom is 0.336 e. The van der Waals surface area contributed by atoms with Crippen molar-refractivity contribution in [3.8, 4) is 16.9 Å². The Bertz CT molecular complexity index is 1340.